The standard InChI is InChI=1S/C8H6BrClOS/c1-5-4-6(12-8(10)11)2-3-7(5)9/h2-4H,1H3. The molecule has 1 aromatic rings. The lowest BCUT2D eigenvalue weighted by atomic mass is 10.2. The van der Waals surface area contributed by atoms with Gasteiger partial charge in [0.2, 0.25) is 0 Å². The van der Waals surface area contributed by atoms with Crippen LogP contribution < -0.4 is 0 Å². The summed E-state index contributed by atoms with van der Waals surface area (Å²) in [6, 6.07) is 5.66. The zero-order chi connectivity index (χ0) is 9.14. The highest BCUT2D eigenvalue weighted by Crippen LogP contribution is 2.25. The molecule has 0 fully saturated rings. The molecule has 1 rings (SSSR count). The van der Waals surface area contributed by atoms with E-state index in [4.69, 9.17) is 11.6 Å². The van der Waals surface area contributed by atoms with Gasteiger partial charge in [0, 0.05) is 9.37 Å². The van der Waals surface area contributed by atoms with Crippen molar-refractivity contribution >= 4 is 43.9 Å². The molecule has 0 radical (unpaired) electrons. The summed E-state index contributed by atoms with van der Waals surface area (Å²) < 4.78 is 0.630. The number of carbonyl (C=O) groups is 1. The SMILES string of the molecule is Cc1cc(SC(=O)Cl)ccc1Br. The smallest absolute Gasteiger partial charge is 0.268 e. The minimum absolute atomic E-state index is 0.406. The van der Waals surface area contributed by atoms with Crippen molar-refractivity contribution in [2.75, 3.05) is 0 Å². The lowest BCUT2D eigenvalue weighted by molar-refractivity contribution is 0.276. The van der Waals surface area contributed by atoms with Gasteiger partial charge in [0.1, 0.15) is 0 Å². The van der Waals surface area contributed by atoms with E-state index < -0.39 is 4.57 Å². The molecule has 0 heterocycles. The fourth-order valence-electron chi connectivity index (χ4n) is 0.773. The second-order valence-electron chi connectivity index (χ2n) is 2.25. The van der Waals surface area contributed by atoms with Crippen molar-refractivity contribution in [3.63, 3.8) is 0 Å². The Morgan fingerprint density at radius 3 is 2.75 bits per heavy atom. The Bertz CT molecular complexity index is 314. The largest absolute Gasteiger partial charge is 0.284 e. The normalized spacial score (nSPS) is 9.92. The van der Waals surface area contributed by atoms with Gasteiger partial charge in [-0.2, -0.15) is 0 Å². The molecular weight excluding hydrogens is 260 g/mol. The van der Waals surface area contributed by atoms with E-state index in [0.717, 1.165) is 26.7 Å². The molecule has 64 valence electrons. The second-order valence-corrected chi connectivity index (χ2v) is 4.72. The van der Waals surface area contributed by atoms with Crippen molar-refractivity contribution in [2.24, 2.45) is 0 Å². The van der Waals surface area contributed by atoms with E-state index in [1.165, 1.54) is 0 Å². The Morgan fingerprint density at radius 1 is 1.58 bits per heavy atom. The van der Waals surface area contributed by atoms with Crippen LogP contribution in [-0.4, -0.2) is 4.57 Å². The molecule has 12 heavy (non-hydrogen) atoms. The number of thioether (sulfide) groups is 1. The van der Waals surface area contributed by atoms with E-state index in [9.17, 15) is 4.79 Å². The van der Waals surface area contributed by atoms with Crippen LogP contribution in [0.5, 0.6) is 0 Å². The maximum absolute atomic E-state index is 10.5. The first kappa shape index (κ1) is 10.1. The van der Waals surface area contributed by atoms with Gasteiger partial charge in [-0.3, -0.25) is 4.79 Å². The van der Waals surface area contributed by atoms with Crippen LogP contribution in [0.4, 0.5) is 4.79 Å². The van der Waals surface area contributed by atoms with Gasteiger partial charge >= 0.3 is 0 Å². The summed E-state index contributed by atoms with van der Waals surface area (Å²) in [7, 11) is 0. The van der Waals surface area contributed by atoms with E-state index in [1.54, 1.807) is 0 Å². The maximum atomic E-state index is 10.5. The van der Waals surface area contributed by atoms with Gasteiger partial charge in [0.05, 0.1) is 0 Å². The van der Waals surface area contributed by atoms with Crippen LogP contribution in [0.2, 0.25) is 0 Å². The van der Waals surface area contributed by atoms with Crippen LogP contribution in [0.1, 0.15) is 5.56 Å². The van der Waals surface area contributed by atoms with Gasteiger partial charge in [0.25, 0.3) is 4.57 Å². The van der Waals surface area contributed by atoms with E-state index in [2.05, 4.69) is 15.9 Å². The highest BCUT2D eigenvalue weighted by molar-refractivity contribution is 9.10. The first-order valence-electron chi connectivity index (χ1n) is 3.23. The molecule has 0 atom stereocenters. The number of halogens is 2. The van der Waals surface area contributed by atoms with Gasteiger partial charge in [-0.1, -0.05) is 15.9 Å². The van der Waals surface area contributed by atoms with Crippen molar-refractivity contribution < 1.29 is 4.79 Å². The van der Waals surface area contributed by atoms with Gasteiger partial charge < -0.3 is 0 Å². The van der Waals surface area contributed by atoms with Crippen molar-refractivity contribution in [2.45, 2.75) is 11.8 Å². The molecule has 0 aliphatic rings. The summed E-state index contributed by atoms with van der Waals surface area (Å²) in [5.41, 5.74) is 1.10. The summed E-state index contributed by atoms with van der Waals surface area (Å²) in [6.07, 6.45) is 0. The number of aryl methyl sites for hydroxylation is 1. The van der Waals surface area contributed by atoms with Crippen LogP contribution in [0.3, 0.4) is 0 Å². The molecule has 0 aliphatic carbocycles. The maximum Gasteiger partial charge on any atom is 0.284 e. The molecule has 0 saturated carbocycles. The fraction of sp³-hybridized carbons (Fsp3) is 0.125. The Hall–Kier alpha value is 0.01000. The molecule has 0 spiro atoms. The number of benzene rings is 1. The average molecular weight is 266 g/mol. The van der Waals surface area contributed by atoms with Gasteiger partial charge in [0.15, 0.2) is 0 Å². The Kier molecular flexibility index (Phi) is 3.62. The molecule has 1 nitrogen and oxygen atoms in total. The highest BCUT2D eigenvalue weighted by Gasteiger charge is 2.01. The molecule has 1 aromatic carbocycles. The predicted molar refractivity (Wildman–Crippen MR) is 56.0 cm³/mol. The Labute approximate surface area is 88.6 Å². The van der Waals surface area contributed by atoms with Gasteiger partial charge in [-0.15, -0.1) is 0 Å². The number of carbonyl (C=O) groups excluding carboxylic acids is 1. The second kappa shape index (κ2) is 4.30. The molecule has 0 saturated heterocycles. The lowest BCUT2D eigenvalue weighted by Gasteiger charge is -1.99. The third-order valence-corrected chi connectivity index (χ3v) is 3.10. The molecule has 0 amide bonds. The summed E-state index contributed by atoms with van der Waals surface area (Å²) in [5, 5.41) is 0. The van der Waals surface area contributed by atoms with Crippen LogP contribution in [0.25, 0.3) is 0 Å². The number of rotatable bonds is 1. The van der Waals surface area contributed by atoms with Crippen LogP contribution >= 0.6 is 39.3 Å². The number of hydrogen-bond acceptors (Lipinski definition) is 2. The zero-order valence-electron chi connectivity index (χ0n) is 6.30. The van der Waals surface area contributed by atoms with Gasteiger partial charge in [-0.25, -0.2) is 0 Å². The van der Waals surface area contributed by atoms with E-state index >= 15 is 0 Å². The summed E-state index contributed by atoms with van der Waals surface area (Å²) >= 11 is 9.61. The first-order chi connectivity index (χ1) is 5.59. The molecule has 0 aromatic heterocycles. The summed E-state index contributed by atoms with van der Waals surface area (Å²) in [5.74, 6) is 0. The zero-order valence-corrected chi connectivity index (χ0v) is 9.46. The highest BCUT2D eigenvalue weighted by atomic mass is 79.9. The van der Waals surface area contributed by atoms with Crippen molar-refractivity contribution in [3.8, 4) is 0 Å². The topological polar surface area (TPSA) is 17.1 Å². The third kappa shape index (κ3) is 2.81. The van der Waals surface area contributed by atoms with Crippen molar-refractivity contribution in [1.29, 1.82) is 0 Å². The third-order valence-electron chi connectivity index (χ3n) is 1.33. The molecule has 4 heteroatoms. The molecule has 0 N–H and O–H groups in total. The monoisotopic (exact) mass is 264 g/mol. The fourth-order valence-corrected chi connectivity index (χ4v) is 1.84. The molecule has 0 bridgehead atoms. The Balaban J connectivity index is 2.89. The summed E-state index contributed by atoms with van der Waals surface area (Å²) in [6.45, 7) is 1.97. The first-order valence-corrected chi connectivity index (χ1v) is 5.22. The molecule has 0 unspecified atom stereocenters. The number of hydrogen-bond donors (Lipinski definition) is 0. The average Bonchev–Trinajstić information content (AvgIpc) is 1.96. The predicted octanol–water partition coefficient (Wildman–Crippen LogP) is 4.21. The molecular formula is C8H6BrClOS. The van der Waals surface area contributed by atoms with Crippen molar-refractivity contribution in [1.82, 2.24) is 0 Å². The van der Waals surface area contributed by atoms with Crippen LogP contribution in [0.15, 0.2) is 27.6 Å². The van der Waals surface area contributed by atoms with E-state index in [0.29, 0.717) is 0 Å². The summed E-state index contributed by atoms with van der Waals surface area (Å²) in [4.78, 5) is 11.4. The minimum Gasteiger partial charge on any atom is -0.268 e. The van der Waals surface area contributed by atoms with Crippen LogP contribution in [-0.2, 0) is 0 Å². The van der Waals surface area contributed by atoms with Gasteiger partial charge in [-0.05, 0) is 54.0 Å². The Morgan fingerprint density at radius 2 is 2.25 bits per heavy atom. The van der Waals surface area contributed by atoms with E-state index in [-0.39, 0.29) is 0 Å². The van der Waals surface area contributed by atoms with E-state index in [1.807, 2.05) is 25.1 Å². The molecule has 0 aliphatic heterocycles. The minimum atomic E-state index is -0.406. The van der Waals surface area contributed by atoms with Crippen molar-refractivity contribution in [3.05, 3.63) is 28.2 Å². The quantitative estimate of drug-likeness (QED) is 0.559. The van der Waals surface area contributed by atoms with Crippen LogP contribution in [0, 0.1) is 6.92 Å². The lowest BCUT2D eigenvalue weighted by Crippen LogP contribution is -1.79.